The van der Waals surface area contributed by atoms with Gasteiger partial charge in [-0.15, -0.1) is 0 Å². The Morgan fingerprint density at radius 1 is 1.17 bits per heavy atom. The Morgan fingerprint density at radius 3 is 2.67 bits per heavy atom. The molecule has 2 unspecified atom stereocenters. The number of aryl methyl sites for hydroxylation is 1. The van der Waals surface area contributed by atoms with Crippen LogP contribution in [0.25, 0.3) is 11.0 Å². The van der Waals surface area contributed by atoms with Crippen molar-refractivity contribution in [1.29, 1.82) is 0 Å². The number of aliphatic hydroxyl groups excluding tert-OH is 1. The molecule has 2 N–H and O–H groups in total. The minimum absolute atomic E-state index is 0.0146. The number of carboxylic acids is 1. The highest BCUT2D eigenvalue weighted by Crippen LogP contribution is 2.33. The van der Waals surface area contributed by atoms with Gasteiger partial charge in [0.1, 0.15) is 23.1 Å². The Kier molecular flexibility index (Phi) is 4.71. The maximum Gasteiger partial charge on any atom is 0.336 e. The average Bonchev–Trinajstić information content (AvgIpc) is 2.67. The predicted molar refractivity (Wildman–Crippen MR) is 103 cm³/mol. The van der Waals surface area contributed by atoms with E-state index in [9.17, 15) is 29.0 Å². The zero-order chi connectivity index (χ0) is 21.6. The molecule has 4 rings (SSSR count). The molecule has 3 aromatic rings. The summed E-state index contributed by atoms with van der Waals surface area (Å²) in [5, 5.41) is 20.4. The Labute approximate surface area is 168 Å². The zero-order valence-electron chi connectivity index (χ0n) is 15.6. The van der Waals surface area contributed by atoms with Gasteiger partial charge in [0.15, 0.2) is 5.78 Å². The third-order valence-electron chi connectivity index (χ3n) is 4.83. The second kappa shape index (κ2) is 7.23. The summed E-state index contributed by atoms with van der Waals surface area (Å²) in [6, 6.07) is 9.18. The van der Waals surface area contributed by atoms with Crippen LogP contribution in [-0.4, -0.2) is 28.3 Å². The summed E-state index contributed by atoms with van der Waals surface area (Å²) in [5.41, 5.74) is -0.171. The number of carbonyl (C=O) groups is 2. The molecule has 0 amide bonds. The van der Waals surface area contributed by atoms with Crippen LogP contribution in [0.2, 0.25) is 0 Å². The van der Waals surface area contributed by atoms with Crippen molar-refractivity contribution in [2.75, 3.05) is 0 Å². The van der Waals surface area contributed by atoms with Crippen molar-refractivity contribution in [2.24, 2.45) is 0 Å². The van der Waals surface area contributed by atoms with Gasteiger partial charge < -0.3 is 19.4 Å². The first-order chi connectivity index (χ1) is 14.2. The summed E-state index contributed by atoms with van der Waals surface area (Å²) in [4.78, 5) is 36.8. The van der Waals surface area contributed by atoms with E-state index in [2.05, 4.69) is 0 Å². The highest BCUT2D eigenvalue weighted by molar-refractivity contribution is 6.12. The minimum Gasteiger partial charge on any atom is -0.481 e. The van der Waals surface area contributed by atoms with Gasteiger partial charge in [0.25, 0.3) is 0 Å². The van der Waals surface area contributed by atoms with E-state index in [1.807, 2.05) is 0 Å². The first-order valence-corrected chi connectivity index (χ1v) is 8.92. The molecule has 2 atom stereocenters. The lowest BCUT2D eigenvalue weighted by Crippen LogP contribution is -2.31. The number of hydrogen-bond donors (Lipinski definition) is 2. The van der Waals surface area contributed by atoms with E-state index in [0.717, 1.165) is 29.8 Å². The van der Waals surface area contributed by atoms with Crippen molar-refractivity contribution in [2.45, 2.75) is 19.1 Å². The number of ether oxygens (including phenoxy) is 1. The Morgan fingerprint density at radius 2 is 1.93 bits per heavy atom. The predicted octanol–water partition coefficient (Wildman–Crippen LogP) is 2.93. The Bertz CT molecular complexity index is 1290. The minimum atomic E-state index is -1.74. The van der Waals surface area contributed by atoms with Crippen LogP contribution in [0.15, 0.2) is 63.3 Å². The highest BCUT2D eigenvalue weighted by atomic mass is 19.1. The second-order valence-electron chi connectivity index (χ2n) is 6.90. The number of halogens is 1. The van der Waals surface area contributed by atoms with Gasteiger partial charge in [0.2, 0.25) is 6.29 Å². The van der Waals surface area contributed by atoms with E-state index in [1.165, 1.54) is 6.07 Å². The number of ketones is 1. The second-order valence-corrected chi connectivity index (χ2v) is 6.90. The van der Waals surface area contributed by atoms with Crippen molar-refractivity contribution in [1.82, 2.24) is 0 Å². The van der Waals surface area contributed by atoms with Crippen LogP contribution in [0.1, 0.15) is 27.4 Å². The molecule has 0 aliphatic carbocycles. The third-order valence-corrected chi connectivity index (χ3v) is 4.83. The Hall–Kier alpha value is -3.78. The number of fused-ring (bicyclic) bond motifs is 2. The molecule has 152 valence electrons. The van der Waals surface area contributed by atoms with E-state index in [4.69, 9.17) is 9.15 Å². The van der Waals surface area contributed by atoms with E-state index in [-0.39, 0.29) is 28.0 Å². The molecule has 7 nitrogen and oxygen atoms in total. The Balaban J connectivity index is 1.89. The van der Waals surface area contributed by atoms with Crippen molar-refractivity contribution in [3.05, 3.63) is 87.0 Å². The van der Waals surface area contributed by atoms with Gasteiger partial charge in [-0.2, -0.15) is 0 Å². The average molecular weight is 410 g/mol. The van der Waals surface area contributed by atoms with Gasteiger partial charge in [-0.05, 0) is 42.3 Å². The van der Waals surface area contributed by atoms with Crippen LogP contribution in [0.4, 0.5) is 4.39 Å². The summed E-state index contributed by atoms with van der Waals surface area (Å²) in [7, 11) is 0. The molecule has 2 aromatic carbocycles. The summed E-state index contributed by atoms with van der Waals surface area (Å²) in [5.74, 6) is -4.29. The van der Waals surface area contributed by atoms with Crippen molar-refractivity contribution in [3.63, 3.8) is 0 Å². The molecule has 2 heterocycles. The van der Waals surface area contributed by atoms with Crippen LogP contribution in [0.5, 0.6) is 5.75 Å². The fraction of sp³-hybridized carbons (Fsp3) is 0.136. The molecular formula is C22H15FO7. The maximum atomic E-state index is 13.6. The number of aliphatic hydroxyl groups is 1. The molecule has 30 heavy (non-hydrogen) atoms. The quantitative estimate of drug-likeness (QED) is 0.504. The van der Waals surface area contributed by atoms with Gasteiger partial charge in [-0.25, -0.2) is 9.18 Å². The first kappa shape index (κ1) is 19.5. The lowest BCUT2D eigenvalue weighted by molar-refractivity contribution is -0.137. The van der Waals surface area contributed by atoms with E-state index >= 15 is 0 Å². The first-order valence-electron chi connectivity index (χ1n) is 8.92. The molecule has 1 aromatic heterocycles. The van der Waals surface area contributed by atoms with Crippen LogP contribution < -0.4 is 10.4 Å². The molecule has 0 saturated carbocycles. The summed E-state index contributed by atoms with van der Waals surface area (Å²) in [6.07, 6.45) is -0.733. The van der Waals surface area contributed by atoms with Gasteiger partial charge >= 0.3 is 11.6 Å². The number of Topliss-reactive ketones (excluding diaryl/α,β-unsaturated/α-hetero) is 1. The fourth-order valence-corrected chi connectivity index (χ4v) is 3.42. The zero-order valence-corrected chi connectivity index (χ0v) is 15.6. The van der Waals surface area contributed by atoms with E-state index in [0.29, 0.717) is 5.39 Å². The maximum absolute atomic E-state index is 13.6. The number of aliphatic carboxylic acids is 1. The smallest absolute Gasteiger partial charge is 0.336 e. The topological polar surface area (TPSA) is 114 Å². The normalized spacial score (nSPS) is 18.2. The number of rotatable bonds is 3. The molecule has 8 heteroatoms. The molecule has 0 saturated heterocycles. The summed E-state index contributed by atoms with van der Waals surface area (Å²) in [6.45, 7) is 1.79. The number of benzene rings is 2. The van der Waals surface area contributed by atoms with Crippen molar-refractivity contribution < 1.29 is 33.3 Å². The SMILES string of the molecule is Cc1ccc2c(C(C=C3C(=O)c4cc(F)ccc4OC3O)C(=O)O)cc(=O)oc2c1. The summed E-state index contributed by atoms with van der Waals surface area (Å²) >= 11 is 0. The van der Waals surface area contributed by atoms with Crippen molar-refractivity contribution >= 4 is 22.7 Å². The number of carboxylic acid groups (broad SMARTS) is 1. The van der Waals surface area contributed by atoms with Crippen LogP contribution in [0.3, 0.4) is 0 Å². The van der Waals surface area contributed by atoms with Gasteiger partial charge in [-0.3, -0.25) is 9.59 Å². The molecule has 1 aliphatic heterocycles. The van der Waals surface area contributed by atoms with Gasteiger partial charge in [0, 0.05) is 11.5 Å². The molecule has 0 bridgehead atoms. The third kappa shape index (κ3) is 3.37. The van der Waals surface area contributed by atoms with Crippen LogP contribution in [0, 0.1) is 12.7 Å². The molecule has 1 aliphatic rings. The summed E-state index contributed by atoms with van der Waals surface area (Å²) < 4.78 is 24.0. The van der Waals surface area contributed by atoms with Gasteiger partial charge in [0.05, 0.1) is 11.1 Å². The van der Waals surface area contributed by atoms with Crippen LogP contribution >= 0.6 is 0 Å². The van der Waals surface area contributed by atoms with E-state index < -0.39 is 35.4 Å². The van der Waals surface area contributed by atoms with Crippen molar-refractivity contribution in [3.8, 4) is 5.75 Å². The van der Waals surface area contributed by atoms with E-state index in [1.54, 1.807) is 25.1 Å². The fourth-order valence-electron chi connectivity index (χ4n) is 3.42. The lowest BCUT2D eigenvalue weighted by Gasteiger charge is -2.24. The highest BCUT2D eigenvalue weighted by Gasteiger charge is 2.33. The monoisotopic (exact) mass is 410 g/mol. The molecule has 0 spiro atoms. The lowest BCUT2D eigenvalue weighted by atomic mass is 9.90. The van der Waals surface area contributed by atoms with Crippen LogP contribution in [-0.2, 0) is 4.79 Å². The number of hydrogen-bond acceptors (Lipinski definition) is 6. The standard InChI is InChI=1S/C22H15FO7/c1-10-2-4-12-13(9-19(24)29-18(12)6-10)14(21(26)27)8-16-20(25)15-7-11(23)3-5-17(15)30-22(16)28/h2-9,14,22,28H,1H3,(H,26,27). The van der Waals surface area contributed by atoms with Gasteiger partial charge in [-0.1, -0.05) is 18.2 Å². The largest absolute Gasteiger partial charge is 0.481 e. The molecule has 0 radical (unpaired) electrons. The molecule has 0 fully saturated rings. The molecular weight excluding hydrogens is 395 g/mol. The number of carbonyl (C=O) groups excluding carboxylic acids is 1.